The molecule has 4 aromatic heterocycles. The maximum atomic E-state index is 13.8. The summed E-state index contributed by atoms with van der Waals surface area (Å²) >= 11 is 0. The van der Waals surface area contributed by atoms with Gasteiger partial charge in [-0.1, -0.05) is 12.1 Å². The summed E-state index contributed by atoms with van der Waals surface area (Å²) in [6.45, 7) is 2.47. The minimum Gasteiger partial charge on any atom is -0.303 e. The van der Waals surface area contributed by atoms with Gasteiger partial charge in [-0.15, -0.1) is 0 Å². The lowest BCUT2D eigenvalue weighted by molar-refractivity contribution is 0.148. The highest BCUT2D eigenvalue weighted by atomic mass is 31.2. The molecule has 0 unspecified atom stereocenters. The van der Waals surface area contributed by atoms with Crippen molar-refractivity contribution in [3.63, 3.8) is 0 Å². The van der Waals surface area contributed by atoms with Gasteiger partial charge in [-0.2, -0.15) is 10.5 Å². The minimum atomic E-state index is -5.03. The lowest BCUT2D eigenvalue weighted by atomic mass is 9.86. The van der Waals surface area contributed by atoms with E-state index in [2.05, 4.69) is 20.6 Å². The molecule has 0 aliphatic heterocycles. The highest BCUT2D eigenvalue weighted by Gasteiger charge is 2.23. The van der Waals surface area contributed by atoms with E-state index in [0.717, 1.165) is 0 Å². The van der Waals surface area contributed by atoms with Crippen molar-refractivity contribution in [2.45, 2.75) is 26.0 Å². The fraction of sp³-hybridized carbons (Fsp3) is 0.148. The summed E-state index contributed by atoms with van der Waals surface area (Å²) in [6.07, 6.45) is 2.72. The molecule has 0 bridgehead atoms. The fourth-order valence-corrected chi connectivity index (χ4v) is 4.50. The van der Waals surface area contributed by atoms with Gasteiger partial charge in [0, 0.05) is 18.0 Å². The molecule has 5 aromatic rings. The highest BCUT2D eigenvalue weighted by molar-refractivity contribution is 7.46. The Balaban J connectivity index is 1.84. The Kier molecular flexibility index (Phi) is 6.83. The van der Waals surface area contributed by atoms with Gasteiger partial charge >= 0.3 is 13.5 Å². The Morgan fingerprint density at radius 2 is 1.73 bits per heavy atom. The molecular formula is C27H20N7O6P. The SMILES string of the molecule is CC(C)(C#N)c1ccc(-n2c(=O)n(COP(=O)(O)O)c(=O)c3cnc4ccc(-c5ccc(C#N)nc5)nc4c32)cc1. The summed E-state index contributed by atoms with van der Waals surface area (Å²) < 4.78 is 17.6. The Bertz CT molecular complexity index is 2080. The van der Waals surface area contributed by atoms with Crippen molar-refractivity contribution in [3.8, 4) is 29.1 Å². The van der Waals surface area contributed by atoms with Gasteiger partial charge in [-0.3, -0.25) is 18.9 Å². The first-order chi connectivity index (χ1) is 19.4. The third kappa shape index (κ3) is 5.14. The Labute approximate surface area is 231 Å². The van der Waals surface area contributed by atoms with Crippen LogP contribution in [0.3, 0.4) is 0 Å². The van der Waals surface area contributed by atoms with Gasteiger partial charge in [0.2, 0.25) is 0 Å². The van der Waals surface area contributed by atoms with E-state index >= 15 is 0 Å². The Morgan fingerprint density at radius 1 is 1.00 bits per heavy atom. The molecule has 2 N–H and O–H groups in total. The molecule has 13 nitrogen and oxygen atoms in total. The molecule has 0 saturated carbocycles. The highest BCUT2D eigenvalue weighted by Crippen LogP contribution is 2.36. The number of hydrogen-bond acceptors (Lipinski definition) is 9. The monoisotopic (exact) mass is 569 g/mol. The van der Waals surface area contributed by atoms with Crippen molar-refractivity contribution < 1.29 is 18.9 Å². The van der Waals surface area contributed by atoms with Crippen molar-refractivity contribution >= 4 is 29.8 Å². The largest absolute Gasteiger partial charge is 0.471 e. The van der Waals surface area contributed by atoms with Gasteiger partial charge in [0.15, 0.2) is 0 Å². The molecule has 0 spiro atoms. The standard InChI is InChI=1S/C27H20N7O6P/c1-27(2,14-29)17-4-7-19(8-5-17)34-24-20(25(35)33(26(34)36)15-40-41(37,38)39)13-31-22-10-9-21(32-23(22)24)16-3-6-18(11-28)30-12-16/h3-10,12-13H,15H2,1-2H3,(H2,37,38,39). The quantitative estimate of drug-likeness (QED) is 0.225. The summed E-state index contributed by atoms with van der Waals surface area (Å²) in [6, 6.07) is 17.2. The van der Waals surface area contributed by atoms with Gasteiger partial charge < -0.3 is 9.79 Å². The summed E-state index contributed by atoms with van der Waals surface area (Å²) in [7, 11) is -5.03. The molecule has 0 radical (unpaired) electrons. The van der Waals surface area contributed by atoms with E-state index in [9.17, 15) is 29.2 Å². The molecule has 1 aromatic carbocycles. The van der Waals surface area contributed by atoms with Crippen LogP contribution >= 0.6 is 7.82 Å². The normalized spacial score (nSPS) is 11.9. The summed E-state index contributed by atoms with van der Waals surface area (Å²) in [4.78, 5) is 58.7. The second-order valence-corrected chi connectivity index (χ2v) is 10.8. The third-order valence-corrected chi connectivity index (χ3v) is 6.91. The first-order valence-corrected chi connectivity index (χ1v) is 13.5. The molecule has 204 valence electrons. The first-order valence-electron chi connectivity index (χ1n) is 12.0. The van der Waals surface area contributed by atoms with Crippen LogP contribution in [0.4, 0.5) is 0 Å². The molecule has 14 heteroatoms. The van der Waals surface area contributed by atoms with E-state index in [4.69, 9.17) is 10.2 Å². The van der Waals surface area contributed by atoms with Crippen molar-refractivity contribution in [2.75, 3.05) is 0 Å². The zero-order valence-electron chi connectivity index (χ0n) is 21.6. The Morgan fingerprint density at radius 3 is 2.34 bits per heavy atom. The number of nitrogens with zero attached hydrogens (tertiary/aromatic N) is 7. The molecule has 0 saturated heterocycles. The molecule has 41 heavy (non-hydrogen) atoms. The van der Waals surface area contributed by atoms with E-state index in [0.29, 0.717) is 32.6 Å². The van der Waals surface area contributed by atoms with Crippen LogP contribution in [0.25, 0.3) is 38.9 Å². The predicted octanol–water partition coefficient (Wildman–Crippen LogP) is 2.90. The number of rotatable bonds is 6. The molecule has 0 atom stereocenters. The van der Waals surface area contributed by atoms with Crippen LogP contribution in [0.15, 0.2) is 70.5 Å². The molecule has 4 heterocycles. The number of benzene rings is 1. The van der Waals surface area contributed by atoms with Crippen molar-refractivity contribution in [2.24, 2.45) is 0 Å². The second-order valence-electron chi connectivity index (χ2n) is 9.51. The number of phosphoric acid groups is 1. The molecule has 5 rings (SSSR count). The third-order valence-electron chi connectivity index (χ3n) is 6.46. The summed E-state index contributed by atoms with van der Waals surface area (Å²) in [5, 5.41) is 18.5. The number of fused-ring (bicyclic) bond motifs is 3. The number of phosphoric ester groups is 1. The zero-order chi connectivity index (χ0) is 29.5. The van der Waals surface area contributed by atoms with Crippen LogP contribution in [0, 0.1) is 22.7 Å². The van der Waals surface area contributed by atoms with E-state index in [1.807, 2.05) is 6.07 Å². The molecule has 0 aliphatic carbocycles. The molecule has 0 fully saturated rings. The van der Waals surface area contributed by atoms with Crippen LogP contribution in [0.2, 0.25) is 0 Å². The van der Waals surface area contributed by atoms with Crippen molar-refractivity contribution in [1.82, 2.24) is 24.1 Å². The zero-order valence-corrected chi connectivity index (χ0v) is 22.5. The van der Waals surface area contributed by atoms with Gasteiger partial charge in [-0.05, 0) is 55.8 Å². The first kappa shape index (κ1) is 27.5. The van der Waals surface area contributed by atoms with Gasteiger partial charge in [-0.25, -0.2) is 23.9 Å². The lowest BCUT2D eigenvalue weighted by Gasteiger charge is -2.18. The summed E-state index contributed by atoms with van der Waals surface area (Å²) in [5.74, 6) is 0. The van der Waals surface area contributed by atoms with Gasteiger partial charge in [0.1, 0.15) is 24.0 Å². The van der Waals surface area contributed by atoms with Gasteiger partial charge in [0.25, 0.3) is 5.56 Å². The second kappa shape index (κ2) is 10.2. The number of aromatic nitrogens is 5. The average Bonchev–Trinajstić information content (AvgIpc) is 2.96. The van der Waals surface area contributed by atoms with Crippen LogP contribution in [-0.2, 0) is 21.2 Å². The predicted molar refractivity (Wildman–Crippen MR) is 147 cm³/mol. The Hall–Kier alpha value is -5.04. The fourth-order valence-electron chi connectivity index (χ4n) is 4.23. The average molecular weight is 569 g/mol. The topological polar surface area (TPSA) is 197 Å². The van der Waals surface area contributed by atoms with E-state index in [1.165, 1.54) is 23.0 Å². The van der Waals surface area contributed by atoms with Crippen LogP contribution in [0.5, 0.6) is 0 Å². The number of hydrogen-bond donors (Lipinski definition) is 2. The number of nitriles is 2. The van der Waals surface area contributed by atoms with E-state index < -0.39 is 31.2 Å². The van der Waals surface area contributed by atoms with Crippen LogP contribution in [0.1, 0.15) is 25.1 Å². The van der Waals surface area contributed by atoms with Crippen LogP contribution in [-0.4, -0.2) is 33.9 Å². The maximum Gasteiger partial charge on any atom is 0.471 e. The maximum absolute atomic E-state index is 13.8. The van der Waals surface area contributed by atoms with Crippen LogP contribution < -0.4 is 11.2 Å². The van der Waals surface area contributed by atoms with E-state index in [-0.39, 0.29) is 22.1 Å². The van der Waals surface area contributed by atoms with Crippen molar-refractivity contribution in [1.29, 1.82) is 10.5 Å². The molecule has 0 aliphatic rings. The van der Waals surface area contributed by atoms with E-state index in [1.54, 1.807) is 56.3 Å². The van der Waals surface area contributed by atoms with Crippen molar-refractivity contribution in [3.05, 3.63) is 93.0 Å². The molecule has 0 amide bonds. The van der Waals surface area contributed by atoms with Gasteiger partial charge in [0.05, 0.1) is 39.3 Å². The smallest absolute Gasteiger partial charge is 0.303 e. The summed E-state index contributed by atoms with van der Waals surface area (Å²) in [5.41, 5.74) is 0.216. The minimum absolute atomic E-state index is 0.0598. The number of pyridine rings is 3. The molecular weight excluding hydrogens is 549 g/mol. The lowest BCUT2D eigenvalue weighted by Crippen LogP contribution is -2.40.